The highest BCUT2D eigenvalue weighted by atomic mass is 32.2. The van der Waals surface area contributed by atoms with E-state index in [2.05, 4.69) is 12.2 Å². The Morgan fingerprint density at radius 3 is 2.83 bits per heavy atom. The van der Waals surface area contributed by atoms with Crippen LogP contribution < -0.4 is 11.1 Å². The predicted molar refractivity (Wildman–Crippen MR) is 52.1 cm³/mol. The summed E-state index contributed by atoms with van der Waals surface area (Å²) in [5.41, 5.74) is 5.15. The average molecular weight is 188 g/mol. The van der Waals surface area contributed by atoms with Gasteiger partial charge in [0.1, 0.15) is 0 Å². The molecule has 0 aromatic carbocycles. The van der Waals surface area contributed by atoms with Gasteiger partial charge in [-0.1, -0.05) is 6.92 Å². The molecule has 12 heavy (non-hydrogen) atoms. The fourth-order valence-corrected chi connectivity index (χ4v) is 2.56. The third-order valence-corrected chi connectivity index (χ3v) is 3.59. The fraction of sp³-hybridized carbons (Fsp3) is 0.875. The van der Waals surface area contributed by atoms with E-state index in [1.165, 1.54) is 5.75 Å². The van der Waals surface area contributed by atoms with Crippen LogP contribution in [0.2, 0.25) is 0 Å². The van der Waals surface area contributed by atoms with Crippen molar-refractivity contribution in [1.29, 1.82) is 0 Å². The number of carbonyl (C=O) groups excluding carboxylic acids is 1. The third-order valence-electron chi connectivity index (χ3n) is 2.27. The molecule has 0 saturated carbocycles. The summed E-state index contributed by atoms with van der Waals surface area (Å²) >= 11 is 1.94. The molecule has 0 bridgehead atoms. The lowest BCUT2D eigenvalue weighted by atomic mass is 10.1. The van der Waals surface area contributed by atoms with Gasteiger partial charge in [0.2, 0.25) is 5.91 Å². The molecule has 1 amide bonds. The number of hydrogen-bond acceptors (Lipinski definition) is 3. The zero-order valence-electron chi connectivity index (χ0n) is 7.54. The van der Waals surface area contributed by atoms with Gasteiger partial charge in [-0.05, 0) is 19.1 Å². The van der Waals surface area contributed by atoms with Crippen LogP contribution in [-0.4, -0.2) is 29.0 Å². The topological polar surface area (TPSA) is 55.1 Å². The molecule has 0 aromatic heterocycles. The third kappa shape index (κ3) is 2.38. The van der Waals surface area contributed by atoms with Gasteiger partial charge in [-0.15, -0.1) is 0 Å². The van der Waals surface area contributed by atoms with Crippen molar-refractivity contribution in [1.82, 2.24) is 5.32 Å². The summed E-state index contributed by atoms with van der Waals surface area (Å²) in [6.45, 7) is 4.00. The quantitative estimate of drug-likeness (QED) is 0.671. The molecular weight excluding hydrogens is 172 g/mol. The summed E-state index contributed by atoms with van der Waals surface area (Å²) in [7, 11) is 0. The standard InChI is InChI=1S/C8H16N2OS/c1-5(8(9)11)10-7-3-4-12-6(7)2/h5-7,10H,3-4H2,1-2H3,(H2,9,11)/t5-,6?,7?/m1/s1. The summed E-state index contributed by atoms with van der Waals surface area (Å²) in [5, 5.41) is 3.84. The van der Waals surface area contributed by atoms with Crippen LogP contribution in [0, 0.1) is 0 Å². The van der Waals surface area contributed by atoms with Crippen molar-refractivity contribution in [2.45, 2.75) is 37.6 Å². The van der Waals surface area contributed by atoms with Gasteiger partial charge in [0.05, 0.1) is 6.04 Å². The molecule has 0 radical (unpaired) electrons. The maximum atomic E-state index is 10.7. The molecule has 0 spiro atoms. The van der Waals surface area contributed by atoms with Crippen LogP contribution >= 0.6 is 11.8 Å². The van der Waals surface area contributed by atoms with E-state index in [0.29, 0.717) is 11.3 Å². The molecule has 3 nitrogen and oxygen atoms in total. The lowest BCUT2D eigenvalue weighted by Gasteiger charge is -2.19. The fourth-order valence-electron chi connectivity index (χ4n) is 1.35. The molecule has 70 valence electrons. The van der Waals surface area contributed by atoms with Crippen molar-refractivity contribution >= 4 is 17.7 Å². The molecule has 1 saturated heterocycles. The highest BCUT2D eigenvalue weighted by molar-refractivity contribution is 8.00. The number of primary amides is 1. The summed E-state index contributed by atoms with van der Waals surface area (Å²) in [4.78, 5) is 10.7. The van der Waals surface area contributed by atoms with Gasteiger partial charge < -0.3 is 11.1 Å². The number of carbonyl (C=O) groups is 1. The van der Waals surface area contributed by atoms with Crippen molar-refractivity contribution in [3.63, 3.8) is 0 Å². The predicted octanol–water partition coefficient (Wildman–Crippen LogP) is 0.344. The molecule has 1 heterocycles. The maximum Gasteiger partial charge on any atom is 0.234 e. The van der Waals surface area contributed by atoms with E-state index in [9.17, 15) is 4.79 Å². The Balaban J connectivity index is 2.35. The van der Waals surface area contributed by atoms with Gasteiger partial charge in [0, 0.05) is 11.3 Å². The number of thioether (sulfide) groups is 1. The van der Waals surface area contributed by atoms with E-state index >= 15 is 0 Å². The van der Waals surface area contributed by atoms with Crippen LogP contribution in [-0.2, 0) is 4.79 Å². The van der Waals surface area contributed by atoms with Crippen molar-refractivity contribution < 1.29 is 4.79 Å². The van der Waals surface area contributed by atoms with Gasteiger partial charge >= 0.3 is 0 Å². The van der Waals surface area contributed by atoms with Gasteiger partial charge in [0.15, 0.2) is 0 Å². The number of nitrogens with two attached hydrogens (primary N) is 1. The number of nitrogens with one attached hydrogen (secondary N) is 1. The number of hydrogen-bond donors (Lipinski definition) is 2. The minimum absolute atomic E-state index is 0.198. The summed E-state index contributed by atoms with van der Waals surface area (Å²) < 4.78 is 0. The molecule has 1 aliphatic heterocycles. The Hall–Kier alpha value is -0.220. The molecule has 0 aliphatic carbocycles. The second kappa shape index (κ2) is 4.14. The van der Waals surface area contributed by atoms with Crippen LogP contribution in [0.25, 0.3) is 0 Å². The van der Waals surface area contributed by atoms with Gasteiger partial charge in [0.25, 0.3) is 0 Å². The Morgan fingerprint density at radius 2 is 2.42 bits per heavy atom. The zero-order valence-corrected chi connectivity index (χ0v) is 8.36. The van der Waals surface area contributed by atoms with Crippen LogP contribution in [0.4, 0.5) is 0 Å². The molecule has 4 heteroatoms. The van der Waals surface area contributed by atoms with Crippen LogP contribution in [0.15, 0.2) is 0 Å². The first-order valence-electron chi connectivity index (χ1n) is 4.28. The van der Waals surface area contributed by atoms with E-state index < -0.39 is 0 Å². The minimum Gasteiger partial charge on any atom is -0.368 e. The highest BCUT2D eigenvalue weighted by Gasteiger charge is 2.25. The van der Waals surface area contributed by atoms with E-state index in [0.717, 1.165) is 6.42 Å². The molecule has 2 unspecified atom stereocenters. The van der Waals surface area contributed by atoms with Crippen LogP contribution in [0.1, 0.15) is 20.3 Å². The zero-order chi connectivity index (χ0) is 9.14. The second-order valence-corrected chi connectivity index (χ2v) is 4.75. The number of rotatable bonds is 3. The van der Waals surface area contributed by atoms with Crippen LogP contribution in [0.5, 0.6) is 0 Å². The highest BCUT2D eigenvalue weighted by Crippen LogP contribution is 2.26. The van der Waals surface area contributed by atoms with E-state index in [1.54, 1.807) is 0 Å². The molecule has 1 aliphatic rings. The van der Waals surface area contributed by atoms with Crippen molar-refractivity contribution in [3.8, 4) is 0 Å². The first-order chi connectivity index (χ1) is 5.61. The first-order valence-corrected chi connectivity index (χ1v) is 5.33. The maximum absolute atomic E-state index is 10.7. The summed E-state index contributed by atoms with van der Waals surface area (Å²) in [5.74, 6) is 0.920. The van der Waals surface area contributed by atoms with Gasteiger partial charge in [-0.2, -0.15) is 11.8 Å². The Bertz CT molecular complexity index is 174. The van der Waals surface area contributed by atoms with E-state index in [1.807, 2.05) is 18.7 Å². The van der Waals surface area contributed by atoms with Crippen molar-refractivity contribution in [2.75, 3.05) is 5.75 Å². The van der Waals surface area contributed by atoms with Gasteiger partial charge in [-0.3, -0.25) is 4.79 Å². The lowest BCUT2D eigenvalue weighted by Crippen LogP contribution is -2.46. The summed E-state index contributed by atoms with van der Waals surface area (Å²) in [6.07, 6.45) is 1.14. The first kappa shape index (κ1) is 9.86. The Kier molecular flexibility index (Phi) is 3.40. The molecule has 3 atom stereocenters. The Labute approximate surface area is 77.5 Å². The van der Waals surface area contributed by atoms with Crippen molar-refractivity contribution in [2.24, 2.45) is 5.73 Å². The molecule has 3 N–H and O–H groups in total. The lowest BCUT2D eigenvalue weighted by molar-refractivity contribution is -0.119. The van der Waals surface area contributed by atoms with Crippen LogP contribution in [0.3, 0.4) is 0 Å². The Morgan fingerprint density at radius 1 is 1.75 bits per heavy atom. The summed E-state index contributed by atoms with van der Waals surface area (Å²) in [6, 6.07) is 0.258. The largest absolute Gasteiger partial charge is 0.368 e. The molecule has 1 rings (SSSR count). The average Bonchev–Trinajstić information content (AvgIpc) is 2.36. The minimum atomic E-state index is -0.265. The normalized spacial score (nSPS) is 31.8. The number of amides is 1. The van der Waals surface area contributed by atoms with E-state index in [-0.39, 0.29) is 11.9 Å². The molecule has 0 aromatic rings. The SMILES string of the molecule is CC1SCCC1N[C@H](C)C(N)=O. The monoisotopic (exact) mass is 188 g/mol. The molecule has 1 fully saturated rings. The second-order valence-electron chi connectivity index (χ2n) is 3.26. The van der Waals surface area contributed by atoms with Crippen molar-refractivity contribution in [3.05, 3.63) is 0 Å². The smallest absolute Gasteiger partial charge is 0.234 e. The molecular formula is C8H16N2OS. The van der Waals surface area contributed by atoms with E-state index in [4.69, 9.17) is 5.73 Å². The van der Waals surface area contributed by atoms with Gasteiger partial charge in [-0.25, -0.2) is 0 Å².